The molecule has 0 aliphatic carbocycles. The molecule has 0 aliphatic rings. The number of nitrogens with zero attached hydrogens (tertiary/aromatic N) is 2. The van der Waals surface area contributed by atoms with Crippen molar-refractivity contribution in [3.05, 3.63) is 59.7 Å². The summed E-state index contributed by atoms with van der Waals surface area (Å²) in [4.78, 5) is 27.4. The van der Waals surface area contributed by atoms with E-state index in [1.165, 1.54) is 35.4 Å². The molecule has 0 fully saturated rings. The van der Waals surface area contributed by atoms with Crippen LogP contribution in [-0.2, 0) is 4.79 Å². The minimum Gasteiger partial charge on any atom is -0.478 e. The number of fused-ring (bicyclic) bond motifs is 1. The molecule has 0 aliphatic heterocycles. The van der Waals surface area contributed by atoms with E-state index in [4.69, 9.17) is 5.11 Å². The zero-order valence-corrected chi connectivity index (χ0v) is 14.5. The number of carbonyl (C=O) groups excluding carboxylic acids is 1. The molecule has 0 atom stereocenters. The Bertz CT molecular complexity index is 920. The van der Waals surface area contributed by atoms with Gasteiger partial charge in [0.15, 0.2) is 4.34 Å². The Morgan fingerprint density at radius 2 is 1.96 bits per heavy atom. The molecule has 2 N–H and O–H groups in total. The van der Waals surface area contributed by atoms with Crippen molar-refractivity contribution in [1.29, 1.82) is 0 Å². The number of amides is 1. The molecule has 1 aromatic heterocycles. The van der Waals surface area contributed by atoms with Gasteiger partial charge in [-0.1, -0.05) is 42.1 Å². The minimum atomic E-state index is -1.04. The Hall–Kier alpha value is -2.71. The van der Waals surface area contributed by atoms with Gasteiger partial charge >= 0.3 is 5.97 Å². The Morgan fingerprint density at radius 1 is 1.20 bits per heavy atom. The van der Waals surface area contributed by atoms with E-state index < -0.39 is 5.97 Å². The molecular weight excluding hydrogens is 358 g/mol. The van der Waals surface area contributed by atoms with E-state index in [9.17, 15) is 9.59 Å². The standard InChI is InChI=1S/C17H13N3O3S2/c21-15(10-24-17-19-13-7-3-4-8-14(13)25-17)20-18-9-11-5-1-2-6-12(11)16(22)23/h1-9H,10H2,(H,20,21)(H,22,23). The van der Waals surface area contributed by atoms with Gasteiger partial charge in [-0.05, 0) is 18.2 Å². The number of nitrogens with one attached hydrogen (secondary N) is 1. The third kappa shape index (κ3) is 4.43. The SMILES string of the molecule is O=C(CSc1nc2ccccc2s1)NN=Cc1ccccc1C(=O)O. The van der Waals surface area contributed by atoms with Crippen LogP contribution in [0.5, 0.6) is 0 Å². The molecule has 25 heavy (non-hydrogen) atoms. The van der Waals surface area contributed by atoms with Crippen LogP contribution in [0, 0.1) is 0 Å². The molecule has 3 aromatic rings. The predicted molar refractivity (Wildman–Crippen MR) is 99.5 cm³/mol. The molecule has 0 saturated carbocycles. The Balaban J connectivity index is 1.55. The van der Waals surface area contributed by atoms with Gasteiger partial charge in [0.25, 0.3) is 5.91 Å². The molecule has 8 heteroatoms. The summed E-state index contributed by atoms with van der Waals surface area (Å²) in [6, 6.07) is 14.2. The number of carboxylic acids is 1. The van der Waals surface area contributed by atoms with Gasteiger partial charge < -0.3 is 5.11 Å². The number of carboxylic acid groups (broad SMARTS) is 1. The predicted octanol–water partition coefficient (Wildman–Crippen LogP) is 3.24. The molecule has 0 bridgehead atoms. The third-order valence-electron chi connectivity index (χ3n) is 3.19. The van der Waals surface area contributed by atoms with Crippen molar-refractivity contribution in [2.75, 3.05) is 5.75 Å². The molecule has 3 rings (SSSR count). The third-order valence-corrected chi connectivity index (χ3v) is 5.36. The average Bonchev–Trinajstić information content (AvgIpc) is 3.03. The largest absolute Gasteiger partial charge is 0.478 e. The van der Waals surface area contributed by atoms with Crippen molar-refractivity contribution in [3.8, 4) is 0 Å². The maximum atomic E-state index is 11.9. The Morgan fingerprint density at radius 3 is 2.76 bits per heavy atom. The zero-order chi connectivity index (χ0) is 17.6. The number of hydrogen-bond acceptors (Lipinski definition) is 6. The van der Waals surface area contributed by atoms with Crippen LogP contribution >= 0.6 is 23.1 Å². The highest BCUT2D eigenvalue weighted by molar-refractivity contribution is 8.01. The first-order valence-electron chi connectivity index (χ1n) is 7.26. The maximum absolute atomic E-state index is 11.9. The Labute approximate surface area is 151 Å². The number of aromatic carboxylic acids is 1. The lowest BCUT2D eigenvalue weighted by molar-refractivity contribution is -0.118. The van der Waals surface area contributed by atoms with Gasteiger partial charge in [0.05, 0.1) is 27.7 Å². The number of thioether (sulfide) groups is 1. The summed E-state index contributed by atoms with van der Waals surface area (Å²) < 4.78 is 1.89. The van der Waals surface area contributed by atoms with E-state index >= 15 is 0 Å². The number of hydrazone groups is 1. The van der Waals surface area contributed by atoms with E-state index in [2.05, 4.69) is 15.5 Å². The summed E-state index contributed by atoms with van der Waals surface area (Å²) in [5.74, 6) is -1.15. The quantitative estimate of drug-likeness (QED) is 0.394. The van der Waals surface area contributed by atoms with Crippen LogP contribution in [0.15, 0.2) is 58.0 Å². The summed E-state index contributed by atoms with van der Waals surface area (Å²) in [5, 5.41) is 12.9. The molecule has 1 amide bonds. The molecule has 0 unspecified atom stereocenters. The molecule has 0 spiro atoms. The zero-order valence-electron chi connectivity index (χ0n) is 12.9. The summed E-state index contributed by atoms with van der Waals surface area (Å²) in [5.41, 5.74) is 3.86. The molecular formula is C17H13N3O3S2. The fraction of sp³-hybridized carbons (Fsp3) is 0.0588. The van der Waals surface area contributed by atoms with Gasteiger partial charge in [0, 0.05) is 5.56 Å². The first-order chi connectivity index (χ1) is 12.1. The normalized spacial score (nSPS) is 11.0. The van der Waals surface area contributed by atoms with E-state index in [0.717, 1.165) is 14.6 Å². The monoisotopic (exact) mass is 371 g/mol. The lowest BCUT2D eigenvalue weighted by Crippen LogP contribution is -2.19. The van der Waals surface area contributed by atoms with Crippen molar-refractivity contribution >= 4 is 51.4 Å². The minimum absolute atomic E-state index is 0.129. The lowest BCUT2D eigenvalue weighted by Gasteiger charge is -2.00. The van der Waals surface area contributed by atoms with Crippen molar-refractivity contribution in [1.82, 2.24) is 10.4 Å². The molecule has 126 valence electrons. The summed E-state index contributed by atoms with van der Waals surface area (Å²) in [7, 11) is 0. The second kappa shape index (κ2) is 7.91. The number of thiazole rings is 1. The highest BCUT2D eigenvalue weighted by Gasteiger charge is 2.08. The lowest BCUT2D eigenvalue weighted by atomic mass is 10.1. The fourth-order valence-corrected chi connectivity index (χ4v) is 3.91. The van der Waals surface area contributed by atoms with Crippen LogP contribution in [0.3, 0.4) is 0 Å². The van der Waals surface area contributed by atoms with Gasteiger partial charge in [-0.15, -0.1) is 11.3 Å². The van der Waals surface area contributed by atoms with Gasteiger partial charge in [0.2, 0.25) is 0 Å². The first kappa shape index (κ1) is 17.1. The topological polar surface area (TPSA) is 91.7 Å². The second-order valence-electron chi connectivity index (χ2n) is 4.92. The van der Waals surface area contributed by atoms with Gasteiger partial charge in [-0.2, -0.15) is 5.10 Å². The molecule has 1 heterocycles. The van der Waals surface area contributed by atoms with Crippen molar-refractivity contribution in [2.45, 2.75) is 4.34 Å². The van der Waals surface area contributed by atoms with Gasteiger partial charge in [-0.25, -0.2) is 15.2 Å². The van der Waals surface area contributed by atoms with Crippen LogP contribution in [0.1, 0.15) is 15.9 Å². The Kier molecular flexibility index (Phi) is 5.42. The van der Waals surface area contributed by atoms with Crippen molar-refractivity contribution < 1.29 is 14.7 Å². The van der Waals surface area contributed by atoms with Crippen LogP contribution in [-0.4, -0.2) is 33.9 Å². The van der Waals surface area contributed by atoms with Crippen LogP contribution < -0.4 is 5.43 Å². The van der Waals surface area contributed by atoms with Crippen molar-refractivity contribution in [2.24, 2.45) is 5.10 Å². The molecule has 0 saturated heterocycles. The number of carbonyl (C=O) groups is 2. The van der Waals surface area contributed by atoms with E-state index in [-0.39, 0.29) is 17.2 Å². The van der Waals surface area contributed by atoms with Crippen LogP contribution in [0.25, 0.3) is 10.2 Å². The van der Waals surface area contributed by atoms with E-state index in [1.807, 2.05) is 24.3 Å². The first-order valence-corrected chi connectivity index (χ1v) is 9.06. The summed E-state index contributed by atoms with van der Waals surface area (Å²) >= 11 is 2.87. The van der Waals surface area contributed by atoms with Gasteiger partial charge in [0.1, 0.15) is 0 Å². The van der Waals surface area contributed by atoms with E-state index in [1.54, 1.807) is 18.2 Å². The highest BCUT2D eigenvalue weighted by atomic mass is 32.2. The number of hydrogen-bond donors (Lipinski definition) is 2. The number of rotatable bonds is 6. The number of aromatic nitrogens is 1. The summed E-state index contributed by atoms with van der Waals surface area (Å²) in [6.07, 6.45) is 1.32. The van der Waals surface area contributed by atoms with E-state index in [0.29, 0.717) is 5.56 Å². The maximum Gasteiger partial charge on any atom is 0.336 e. The average molecular weight is 371 g/mol. The number of benzene rings is 2. The van der Waals surface area contributed by atoms with Crippen LogP contribution in [0.2, 0.25) is 0 Å². The molecule has 0 radical (unpaired) electrons. The second-order valence-corrected chi connectivity index (χ2v) is 7.17. The molecule has 2 aromatic carbocycles. The van der Waals surface area contributed by atoms with Crippen molar-refractivity contribution in [3.63, 3.8) is 0 Å². The highest BCUT2D eigenvalue weighted by Crippen LogP contribution is 2.28. The number of para-hydroxylation sites is 1. The van der Waals surface area contributed by atoms with Gasteiger partial charge in [-0.3, -0.25) is 4.79 Å². The van der Waals surface area contributed by atoms with Crippen LogP contribution in [0.4, 0.5) is 0 Å². The fourth-order valence-electron chi connectivity index (χ4n) is 2.05. The summed E-state index contributed by atoms with van der Waals surface area (Å²) in [6.45, 7) is 0. The molecule has 6 nitrogen and oxygen atoms in total. The smallest absolute Gasteiger partial charge is 0.336 e.